The molecule has 0 amide bonds. The monoisotopic (exact) mass is 798 g/mol. The highest BCUT2D eigenvalue weighted by Gasteiger charge is 2.34. The molecule has 0 fully saturated rings. The van der Waals surface area contributed by atoms with E-state index in [1.807, 2.05) is 38.1 Å². The van der Waals surface area contributed by atoms with Crippen molar-refractivity contribution in [3.8, 4) is 29.6 Å². The molecule has 0 aliphatic carbocycles. The lowest BCUT2D eigenvalue weighted by molar-refractivity contribution is -0.139. The van der Waals surface area contributed by atoms with E-state index in [4.69, 9.17) is 25.4 Å². The summed E-state index contributed by atoms with van der Waals surface area (Å²) < 4.78 is 26.3. The van der Waals surface area contributed by atoms with Crippen molar-refractivity contribution in [2.45, 2.75) is 39.8 Å². The van der Waals surface area contributed by atoms with Crippen LogP contribution in [0.4, 0.5) is 0 Å². The van der Waals surface area contributed by atoms with Crippen molar-refractivity contribution < 1.29 is 23.7 Å². The van der Waals surface area contributed by atoms with Crippen molar-refractivity contribution in [2.75, 3.05) is 20.3 Å². The van der Waals surface area contributed by atoms with Crippen LogP contribution in [-0.4, -0.2) is 37.0 Å². The van der Waals surface area contributed by atoms with Gasteiger partial charge >= 0.3 is 5.97 Å². The SMILES string of the molecule is C#CCOc1c(I)cc(/C=c2\sc3n(c2=O)[C@H](c2ccc(OC(C)C)c(OC)c2)C(C(=O)OCC)=C(C)N=3)cc1I. The predicted molar refractivity (Wildman–Crippen MR) is 175 cm³/mol. The molecule has 2 aromatic carbocycles. The first kappa shape index (κ1) is 31.1. The number of allylic oxidation sites excluding steroid dienone is 1. The minimum Gasteiger partial charge on any atom is -0.493 e. The zero-order valence-electron chi connectivity index (χ0n) is 23.1. The molecule has 41 heavy (non-hydrogen) atoms. The Labute approximate surface area is 269 Å². The third-order valence-electron chi connectivity index (χ3n) is 6.00. The number of rotatable bonds is 9. The van der Waals surface area contributed by atoms with Gasteiger partial charge in [-0.25, -0.2) is 9.79 Å². The number of nitrogens with zero attached hydrogens (tertiary/aromatic N) is 2. The highest BCUT2D eigenvalue weighted by molar-refractivity contribution is 14.1. The Hall–Kier alpha value is -2.83. The van der Waals surface area contributed by atoms with E-state index < -0.39 is 12.0 Å². The van der Waals surface area contributed by atoms with Gasteiger partial charge in [0, 0.05) is 0 Å². The molecule has 1 aromatic heterocycles. The van der Waals surface area contributed by atoms with Crippen LogP contribution >= 0.6 is 56.5 Å². The molecule has 2 heterocycles. The number of carbonyl (C=O) groups excluding carboxylic acids is 1. The average molecular weight is 798 g/mol. The second kappa shape index (κ2) is 13.4. The third-order valence-corrected chi connectivity index (χ3v) is 8.59. The van der Waals surface area contributed by atoms with E-state index in [2.05, 4.69) is 56.1 Å². The molecule has 4 rings (SSSR count). The maximum absolute atomic E-state index is 14.0. The normalized spacial score (nSPS) is 14.8. The van der Waals surface area contributed by atoms with Gasteiger partial charge in [0.1, 0.15) is 12.4 Å². The summed E-state index contributed by atoms with van der Waals surface area (Å²) >= 11 is 5.64. The molecule has 0 unspecified atom stereocenters. The summed E-state index contributed by atoms with van der Waals surface area (Å²) in [7, 11) is 1.55. The molecule has 0 saturated carbocycles. The predicted octanol–water partition coefficient (Wildman–Crippen LogP) is 4.82. The fourth-order valence-electron chi connectivity index (χ4n) is 4.38. The van der Waals surface area contributed by atoms with Crippen LogP contribution in [0.5, 0.6) is 17.2 Å². The number of methoxy groups -OCH3 is 1. The van der Waals surface area contributed by atoms with Crippen LogP contribution in [0.1, 0.15) is 44.9 Å². The highest BCUT2D eigenvalue weighted by atomic mass is 127. The zero-order chi connectivity index (χ0) is 29.8. The number of carbonyl (C=O) groups is 1. The minimum absolute atomic E-state index is 0.0614. The highest BCUT2D eigenvalue weighted by Crippen LogP contribution is 2.36. The van der Waals surface area contributed by atoms with Gasteiger partial charge in [0.15, 0.2) is 16.3 Å². The number of hydrogen-bond acceptors (Lipinski definition) is 8. The van der Waals surface area contributed by atoms with Gasteiger partial charge in [-0.1, -0.05) is 23.3 Å². The lowest BCUT2D eigenvalue weighted by Crippen LogP contribution is -2.40. The summed E-state index contributed by atoms with van der Waals surface area (Å²) in [5.41, 5.74) is 2.01. The number of benzene rings is 2. The Balaban J connectivity index is 1.91. The maximum atomic E-state index is 14.0. The summed E-state index contributed by atoms with van der Waals surface area (Å²) in [4.78, 5) is 32.3. The number of esters is 1. The van der Waals surface area contributed by atoms with E-state index >= 15 is 0 Å². The number of aromatic nitrogens is 1. The van der Waals surface area contributed by atoms with Gasteiger partial charge in [-0.15, -0.1) is 6.42 Å². The third kappa shape index (κ3) is 6.65. The topological polar surface area (TPSA) is 88.3 Å². The molecule has 0 N–H and O–H groups in total. The van der Waals surface area contributed by atoms with Gasteiger partial charge in [0.25, 0.3) is 5.56 Å². The first-order chi connectivity index (χ1) is 19.6. The second-order valence-electron chi connectivity index (χ2n) is 9.19. The molecule has 8 nitrogen and oxygen atoms in total. The van der Waals surface area contributed by atoms with Crippen molar-refractivity contribution in [1.82, 2.24) is 4.57 Å². The summed E-state index contributed by atoms with van der Waals surface area (Å²) in [6.07, 6.45) is 7.11. The van der Waals surface area contributed by atoms with Crippen LogP contribution in [0, 0.1) is 19.5 Å². The lowest BCUT2D eigenvalue weighted by Gasteiger charge is -2.25. The molecule has 0 bridgehead atoms. The zero-order valence-corrected chi connectivity index (χ0v) is 28.2. The number of hydrogen-bond donors (Lipinski definition) is 0. The number of thiazole rings is 1. The van der Waals surface area contributed by atoms with Crippen LogP contribution < -0.4 is 29.1 Å². The van der Waals surface area contributed by atoms with E-state index in [0.717, 1.165) is 12.7 Å². The Kier molecular flexibility index (Phi) is 10.2. The van der Waals surface area contributed by atoms with E-state index in [0.29, 0.717) is 43.4 Å². The molecule has 214 valence electrons. The van der Waals surface area contributed by atoms with Crippen LogP contribution in [-0.2, 0) is 9.53 Å². The molecule has 0 radical (unpaired) electrons. The Morgan fingerprint density at radius 2 is 1.93 bits per heavy atom. The number of fused-ring (bicyclic) bond motifs is 1. The molecule has 0 saturated heterocycles. The van der Waals surface area contributed by atoms with Crippen LogP contribution in [0.25, 0.3) is 6.08 Å². The molecule has 3 aromatic rings. The van der Waals surface area contributed by atoms with E-state index in [-0.39, 0.29) is 24.9 Å². The number of terminal acetylenes is 1. The van der Waals surface area contributed by atoms with Gasteiger partial charge in [0.2, 0.25) is 0 Å². The van der Waals surface area contributed by atoms with Crippen LogP contribution in [0.3, 0.4) is 0 Å². The van der Waals surface area contributed by atoms with Crippen LogP contribution in [0.2, 0.25) is 0 Å². The molecule has 1 atom stereocenters. The van der Waals surface area contributed by atoms with Gasteiger partial charge in [-0.3, -0.25) is 9.36 Å². The standard InChI is InChI=1S/C30H28I2N2O6S/c1-7-11-39-27-20(31)12-18(13-21(27)32)14-24-28(35)34-26(19-9-10-22(40-16(3)4)23(15-19)37-6)25(29(36)38-8-2)17(5)33-30(34)41-24/h1,9-10,12-16,26H,8,11H2,2-6H3/b24-14-/t26-/m1/s1. The van der Waals surface area contributed by atoms with Gasteiger partial charge < -0.3 is 18.9 Å². The summed E-state index contributed by atoms with van der Waals surface area (Å²) in [6.45, 7) is 7.71. The fraction of sp³-hybridized carbons (Fsp3) is 0.300. The molecule has 11 heteroatoms. The van der Waals surface area contributed by atoms with Gasteiger partial charge in [-0.05, 0) is 114 Å². The lowest BCUT2D eigenvalue weighted by atomic mass is 9.95. The first-order valence-corrected chi connectivity index (χ1v) is 15.7. The Morgan fingerprint density at radius 3 is 2.54 bits per heavy atom. The summed E-state index contributed by atoms with van der Waals surface area (Å²) in [6, 6.07) is 8.50. The van der Waals surface area contributed by atoms with Crippen molar-refractivity contribution in [3.05, 3.63) is 79.6 Å². The largest absolute Gasteiger partial charge is 0.493 e. The maximum Gasteiger partial charge on any atom is 0.338 e. The van der Waals surface area contributed by atoms with Crippen molar-refractivity contribution >= 4 is 68.6 Å². The second-order valence-corrected chi connectivity index (χ2v) is 12.5. The van der Waals surface area contributed by atoms with Crippen molar-refractivity contribution in [2.24, 2.45) is 4.99 Å². The molecular weight excluding hydrogens is 770 g/mol. The minimum atomic E-state index is -0.769. The quantitative estimate of drug-likeness (QED) is 0.176. The Morgan fingerprint density at radius 1 is 1.22 bits per heavy atom. The van der Waals surface area contributed by atoms with E-state index in [1.54, 1.807) is 37.7 Å². The Bertz CT molecular complexity index is 1730. The van der Waals surface area contributed by atoms with Gasteiger partial charge in [-0.2, -0.15) is 0 Å². The average Bonchev–Trinajstić information content (AvgIpc) is 3.21. The smallest absolute Gasteiger partial charge is 0.338 e. The summed E-state index contributed by atoms with van der Waals surface area (Å²) in [5, 5.41) is 0. The molecule has 0 spiro atoms. The first-order valence-electron chi connectivity index (χ1n) is 12.7. The van der Waals surface area contributed by atoms with Gasteiger partial charge in [0.05, 0.1) is 48.8 Å². The van der Waals surface area contributed by atoms with Crippen LogP contribution in [0.15, 0.2) is 51.4 Å². The van der Waals surface area contributed by atoms with E-state index in [9.17, 15) is 9.59 Å². The number of halogens is 2. The molecule has 1 aliphatic rings. The molecule has 1 aliphatic heterocycles. The molecular formula is C30H28I2N2O6S. The fourth-order valence-corrected chi connectivity index (χ4v) is 7.55. The van der Waals surface area contributed by atoms with Crippen molar-refractivity contribution in [3.63, 3.8) is 0 Å². The van der Waals surface area contributed by atoms with E-state index in [1.165, 1.54) is 11.3 Å². The number of ether oxygens (including phenoxy) is 4. The summed E-state index contributed by atoms with van der Waals surface area (Å²) in [5.74, 6) is 3.71. The van der Waals surface area contributed by atoms with Crippen molar-refractivity contribution in [1.29, 1.82) is 0 Å².